The minimum Gasteiger partial charge on any atom is -0.462 e. The lowest BCUT2D eigenvalue weighted by Gasteiger charge is -2.46. The highest BCUT2D eigenvalue weighted by Gasteiger charge is 2.65. The fourth-order valence-electron chi connectivity index (χ4n) is 9.54. The molecule has 0 amide bonds. The molecule has 1 fully saturated rings. The zero-order chi connectivity index (χ0) is 36.5. The standard InChI is InChI=1S/C42H58O8/c1-24(2)37-35(48-29(7)43)21-26(4)12-9-11-25(3)19-31(44)23-42-33-20-27(5)14-17-36(45)41(8)18-10-13-30(39(46)50-41)15-16-32(33)28(6)22-34(42)38(37)49-40(42)47/h12-13,19-20,24,33-38,45H,9-11,14-18,21-23H2,1-8H3/b25-19+,26-12+,27-20+/t33-,34-,35-,36-,37+,38+,41+,42-/m0/s1. The third kappa shape index (κ3) is 7.66. The molecule has 0 aromatic rings. The molecule has 0 unspecified atom stereocenters. The molecule has 0 saturated carbocycles. The number of esters is 3. The van der Waals surface area contributed by atoms with E-state index in [0.29, 0.717) is 63.4 Å². The summed E-state index contributed by atoms with van der Waals surface area (Å²) in [6, 6.07) is 0. The Bertz CT molecular complexity index is 1540. The molecule has 0 aromatic carbocycles. The van der Waals surface area contributed by atoms with E-state index in [-0.39, 0.29) is 41.9 Å². The van der Waals surface area contributed by atoms with Crippen LogP contribution >= 0.6 is 0 Å². The SMILES string of the molecule is CC(=O)O[C@H]1C/C(C)=C/CC/C(C)=C/C(=O)C[C@@]23C(=O)O[C@@H]([C@@H]1C(C)C)[C@@H]2CC(C)=C1CCC2=CCC[C@@](C)(OC2=O)[C@@H](O)CC/C(C)=C/[C@@H]13. The maximum atomic E-state index is 14.9. The maximum absolute atomic E-state index is 14.9. The number of fused-ring (bicyclic) bond motifs is 4. The van der Waals surface area contributed by atoms with Crippen LogP contribution in [0, 0.1) is 29.1 Å². The van der Waals surface area contributed by atoms with Gasteiger partial charge in [0.15, 0.2) is 5.78 Å². The van der Waals surface area contributed by atoms with Crippen LogP contribution in [-0.4, -0.2) is 52.7 Å². The first-order valence-corrected chi connectivity index (χ1v) is 18.8. The van der Waals surface area contributed by atoms with E-state index < -0.39 is 41.2 Å². The van der Waals surface area contributed by atoms with Gasteiger partial charge in [-0.3, -0.25) is 14.4 Å². The number of aliphatic hydroxyl groups excluding tert-OH is 1. The van der Waals surface area contributed by atoms with Crippen LogP contribution in [0.15, 0.2) is 57.7 Å². The smallest absolute Gasteiger partial charge is 0.334 e. The predicted octanol–water partition coefficient (Wildman–Crippen LogP) is 7.99. The second-order valence-corrected chi connectivity index (χ2v) is 16.4. The Kier molecular flexibility index (Phi) is 11.5. The van der Waals surface area contributed by atoms with Crippen molar-refractivity contribution in [1.29, 1.82) is 0 Å². The molecular weight excluding hydrogens is 632 g/mol. The number of allylic oxidation sites excluding steroid dienone is 8. The third-order valence-electron chi connectivity index (χ3n) is 12.3. The number of ketones is 1. The van der Waals surface area contributed by atoms with Gasteiger partial charge in [0.1, 0.15) is 17.8 Å². The van der Waals surface area contributed by atoms with Crippen LogP contribution in [0.5, 0.6) is 0 Å². The molecule has 50 heavy (non-hydrogen) atoms. The molecule has 8 heteroatoms. The average molecular weight is 691 g/mol. The molecule has 0 spiro atoms. The van der Waals surface area contributed by atoms with Crippen molar-refractivity contribution in [2.24, 2.45) is 29.1 Å². The van der Waals surface area contributed by atoms with Crippen molar-refractivity contribution in [2.45, 2.75) is 150 Å². The van der Waals surface area contributed by atoms with Gasteiger partial charge in [0, 0.05) is 43.1 Å². The van der Waals surface area contributed by atoms with Gasteiger partial charge >= 0.3 is 17.9 Å². The zero-order valence-corrected chi connectivity index (χ0v) is 31.4. The van der Waals surface area contributed by atoms with Crippen LogP contribution in [0.1, 0.15) is 126 Å². The Labute approximate surface area is 298 Å². The highest BCUT2D eigenvalue weighted by atomic mass is 16.6. The lowest BCUT2D eigenvalue weighted by atomic mass is 9.54. The molecule has 1 saturated heterocycles. The van der Waals surface area contributed by atoms with Crippen LogP contribution in [0.3, 0.4) is 0 Å². The van der Waals surface area contributed by atoms with Gasteiger partial charge in [-0.15, -0.1) is 0 Å². The first-order valence-electron chi connectivity index (χ1n) is 18.8. The molecule has 0 radical (unpaired) electrons. The Balaban J connectivity index is 1.71. The summed E-state index contributed by atoms with van der Waals surface area (Å²) in [5.41, 5.74) is 3.65. The minimum atomic E-state index is -1.19. The first kappa shape index (κ1) is 38.0. The highest BCUT2D eigenvalue weighted by molar-refractivity contribution is 5.96. The third-order valence-corrected chi connectivity index (χ3v) is 12.3. The fourth-order valence-corrected chi connectivity index (χ4v) is 9.54. The number of hydrogen-bond acceptors (Lipinski definition) is 8. The Morgan fingerprint density at radius 3 is 2.40 bits per heavy atom. The molecule has 3 heterocycles. The van der Waals surface area contributed by atoms with E-state index in [0.717, 1.165) is 34.3 Å². The van der Waals surface area contributed by atoms with E-state index in [1.165, 1.54) is 6.92 Å². The van der Waals surface area contributed by atoms with Gasteiger partial charge in [0.05, 0.1) is 11.5 Å². The maximum Gasteiger partial charge on any atom is 0.334 e. The summed E-state index contributed by atoms with van der Waals surface area (Å²) in [5.74, 6) is -2.33. The van der Waals surface area contributed by atoms with Gasteiger partial charge in [-0.2, -0.15) is 0 Å². The zero-order valence-electron chi connectivity index (χ0n) is 31.4. The van der Waals surface area contributed by atoms with Crippen LogP contribution in [0.4, 0.5) is 0 Å². The number of hydrogen-bond donors (Lipinski definition) is 1. The van der Waals surface area contributed by atoms with Crippen LogP contribution < -0.4 is 0 Å². The molecule has 8 atom stereocenters. The van der Waals surface area contributed by atoms with Crippen LogP contribution in [0.25, 0.3) is 0 Å². The van der Waals surface area contributed by atoms with E-state index in [1.807, 2.05) is 33.8 Å². The first-order chi connectivity index (χ1) is 23.6. The Morgan fingerprint density at radius 1 is 0.960 bits per heavy atom. The van der Waals surface area contributed by atoms with Gasteiger partial charge < -0.3 is 19.3 Å². The van der Waals surface area contributed by atoms with E-state index in [2.05, 4.69) is 32.9 Å². The molecule has 8 nitrogen and oxygen atoms in total. The highest BCUT2D eigenvalue weighted by Crippen LogP contribution is 2.60. The Hall–Kier alpha value is -3.26. The summed E-state index contributed by atoms with van der Waals surface area (Å²) >= 11 is 0. The summed E-state index contributed by atoms with van der Waals surface area (Å²) in [5, 5.41) is 11.3. The molecule has 3 aliphatic heterocycles. The van der Waals surface area contributed by atoms with E-state index in [1.54, 1.807) is 6.08 Å². The van der Waals surface area contributed by atoms with Gasteiger partial charge in [-0.05, 0) is 104 Å². The number of rotatable bonds is 2. The largest absolute Gasteiger partial charge is 0.462 e. The van der Waals surface area contributed by atoms with Gasteiger partial charge in [0.2, 0.25) is 0 Å². The number of carbonyl (C=O) groups is 4. The Morgan fingerprint density at radius 2 is 1.70 bits per heavy atom. The summed E-state index contributed by atoms with van der Waals surface area (Å²) < 4.78 is 18.6. The van der Waals surface area contributed by atoms with E-state index >= 15 is 0 Å². The molecule has 5 rings (SSSR count). The van der Waals surface area contributed by atoms with Crippen molar-refractivity contribution in [3.8, 4) is 0 Å². The molecule has 0 aromatic heterocycles. The van der Waals surface area contributed by atoms with Crippen LogP contribution in [-0.2, 0) is 33.4 Å². The molecule has 2 aliphatic carbocycles. The normalized spacial score (nSPS) is 39.2. The lowest BCUT2D eigenvalue weighted by molar-refractivity contribution is -0.166. The number of aliphatic hydroxyl groups is 1. The summed E-state index contributed by atoms with van der Waals surface area (Å²) in [6.45, 7) is 15.6. The summed E-state index contributed by atoms with van der Waals surface area (Å²) in [6.07, 6.45) is 11.6. The quantitative estimate of drug-likeness (QED) is 0.176. The predicted molar refractivity (Wildman–Crippen MR) is 192 cm³/mol. The minimum absolute atomic E-state index is 0.00108. The average Bonchev–Trinajstić information content (AvgIpc) is 3.17. The van der Waals surface area contributed by atoms with E-state index in [9.17, 15) is 24.3 Å². The second kappa shape index (κ2) is 15.1. The van der Waals surface area contributed by atoms with Gasteiger partial charge in [-0.25, -0.2) is 4.79 Å². The molecule has 1 N–H and O–H groups in total. The van der Waals surface area contributed by atoms with Gasteiger partial charge in [-0.1, -0.05) is 59.9 Å². The van der Waals surface area contributed by atoms with Crippen molar-refractivity contribution < 1.29 is 38.5 Å². The van der Waals surface area contributed by atoms with Crippen molar-refractivity contribution in [1.82, 2.24) is 0 Å². The van der Waals surface area contributed by atoms with Crippen molar-refractivity contribution in [3.63, 3.8) is 0 Å². The molecule has 274 valence electrons. The summed E-state index contributed by atoms with van der Waals surface area (Å²) in [7, 11) is 0. The second-order valence-electron chi connectivity index (χ2n) is 16.4. The fraction of sp³-hybridized carbons (Fsp3) is 0.667. The van der Waals surface area contributed by atoms with Gasteiger partial charge in [0.25, 0.3) is 0 Å². The number of ether oxygens (including phenoxy) is 3. The molecular formula is C42H58O8. The van der Waals surface area contributed by atoms with E-state index in [4.69, 9.17) is 14.2 Å². The summed E-state index contributed by atoms with van der Waals surface area (Å²) in [4.78, 5) is 55.0. The van der Waals surface area contributed by atoms with Crippen molar-refractivity contribution in [2.75, 3.05) is 0 Å². The molecule has 4 bridgehead atoms. The number of carbonyl (C=O) groups excluding carboxylic acids is 4. The monoisotopic (exact) mass is 690 g/mol. The van der Waals surface area contributed by atoms with Crippen LogP contribution in [0.2, 0.25) is 0 Å². The van der Waals surface area contributed by atoms with Crippen molar-refractivity contribution >= 4 is 23.7 Å². The topological polar surface area (TPSA) is 116 Å². The van der Waals surface area contributed by atoms with Crippen molar-refractivity contribution in [3.05, 3.63) is 57.7 Å². The molecule has 5 aliphatic rings. The lowest BCUT2D eigenvalue weighted by Crippen LogP contribution is -2.49.